The lowest BCUT2D eigenvalue weighted by atomic mass is 10.1. The second-order valence-electron chi connectivity index (χ2n) is 2.53. The summed E-state index contributed by atoms with van der Waals surface area (Å²) < 4.78 is 13.0. The van der Waals surface area contributed by atoms with Crippen molar-refractivity contribution in [2.24, 2.45) is 5.73 Å². The first-order chi connectivity index (χ1) is 5.66. The Morgan fingerprint density at radius 2 is 2.17 bits per heavy atom. The summed E-state index contributed by atoms with van der Waals surface area (Å²) >= 11 is 0. The summed E-state index contributed by atoms with van der Waals surface area (Å²) in [6, 6.07) is 3.57. The number of aliphatic hydroxyl groups is 1. The molecule has 1 aromatic carbocycles. The van der Waals surface area contributed by atoms with Gasteiger partial charge in [0.2, 0.25) is 0 Å². The molecule has 0 aromatic heterocycles. The van der Waals surface area contributed by atoms with Crippen molar-refractivity contribution in [1.82, 2.24) is 0 Å². The second-order valence-corrected chi connectivity index (χ2v) is 2.53. The monoisotopic (exact) mass is 170 g/mol. The van der Waals surface area contributed by atoms with Gasteiger partial charge in [-0.2, -0.15) is 0 Å². The fourth-order valence-corrected chi connectivity index (χ4v) is 1.04. The van der Waals surface area contributed by atoms with Crippen LogP contribution in [-0.2, 0) is 0 Å². The highest BCUT2D eigenvalue weighted by molar-refractivity contribution is 5.48. The Morgan fingerprint density at radius 3 is 2.67 bits per heavy atom. The van der Waals surface area contributed by atoms with Gasteiger partial charge < -0.3 is 16.6 Å². The molecule has 0 unspecified atom stereocenters. The highest BCUT2D eigenvalue weighted by Gasteiger charge is 2.12. The number of nitrogens with two attached hydrogens (primary N) is 2. The molecule has 0 heterocycles. The molecule has 4 heteroatoms. The van der Waals surface area contributed by atoms with E-state index in [4.69, 9.17) is 16.6 Å². The molecule has 0 fully saturated rings. The normalized spacial score (nSPS) is 12.9. The molecule has 1 rings (SSSR count). The minimum absolute atomic E-state index is 0.181. The summed E-state index contributed by atoms with van der Waals surface area (Å²) in [6.07, 6.45) is 0. The van der Waals surface area contributed by atoms with Crippen LogP contribution in [0, 0.1) is 5.82 Å². The van der Waals surface area contributed by atoms with Gasteiger partial charge in [0.05, 0.1) is 12.6 Å². The molecule has 12 heavy (non-hydrogen) atoms. The van der Waals surface area contributed by atoms with E-state index < -0.39 is 11.9 Å². The maximum Gasteiger partial charge on any atom is 0.130 e. The van der Waals surface area contributed by atoms with Gasteiger partial charge in [-0.15, -0.1) is 0 Å². The van der Waals surface area contributed by atoms with Crippen LogP contribution in [0.2, 0.25) is 0 Å². The molecule has 66 valence electrons. The zero-order valence-corrected chi connectivity index (χ0v) is 6.50. The van der Waals surface area contributed by atoms with Gasteiger partial charge in [-0.25, -0.2) is 4.39 Å². The van der Waals surface area contributed by atoms with Crippen LogP contribution in [0.5, 0.6) is 0 Å². The van der Waals surface area contributed by atoms with E-state index >= 15 is 0 Å². The maximum absolute atomic E-state index is 13.0. The summed E-state index contributed by atoms with van der Waals surface area (Å²) in [5, 5.41) is 8.69. The van der Waals surface area contributed by atoms with Crippen LogP contribution < -0.4 is 11.5 Å². The van der Waals surface area contributed by atoms with E-state index in [1.54, 1.807) is 6.07 Å². The molecule has 0 aliphatic heterocycles. The average molecular weight is 170 g/mol. The van der Waals surface area contributed by atoms with Crippen LogP contribution in [0.4, 0.5) is 10.1 Å². The average Bonchev–Trinajstić information content (AvgIpc) is 2.03. The SMILES string of the molecule is Nc1cccc(F)c1[C@H](N)CO. The van der Waals surface area contributed by atoms with E-state index in [1.165, 1.54) is 12.1 Å². The van der Waals surface area contributed by atoms with E-state index in [9.17, 15) is 4.39 Å². The molecule has 0 aliphatic rings. The zero-order valence-electron chi connectivity index (χ0n) is 6.50. The number of benzene rings is 1. The van der Waals surface area contributed by atoms with E-state index in [2.05, 4.69) is 0 Å². The Labute approximate surface area is 69.8 Å². The molecule has 0 spiro atoms. The van der Waals surface area contributed by atoms with Gasteiger partial charge in [0.1, 0.15) is 5.82 Å². The first kappa shape index (κ1) is 8.96. The van der Waals surface area contributed by atoms with E-state index in [1.807, 2.05) is 0 Å². The molecule has 1 atom stereocenters. The smallest absolute Gasteiger partial charge is 0.130 e. The predicted molar refractivity (Wildman–Crippen MR) is 44.8 cm³/mol. The minimum Gasteiger partial charge on any atom is -0.398 e. The lowest BCUT2D eigenvalue weighted by Crippen LogP contribution is -2.17. The third-order valence-electron chi connectivity index (χ3n) is 1.65. The van der Waals surface area contributed by atoms with Crippen molar-refractivity contribution < 1.29 is 9.50 Å². The van der Waals surface area contributed by atoms with Gasteiger partial charge >= 0.3 is 0 Å². The number of aliphatic hydroxyl groups excluding tert-OH is 1. The van der Waals surface area contributed by atoms with Crippen molar-refractivity contribution in [2.75, 3.05) is 12.3 Å². The van der Waals surface area contributed by atoms with Gasteiger partial charge in [0.15, 0.2) is 0 Å². The van der Waals surface area contributed by atoms with Crippen molar-refractivity contribution in [3.63, 3.8) is 0 Å². The third kappa shape index (κ3) is 1.54. The lowest BCUT2D eigenvalue weighted by molar-refractivity contribution is 0.265. The molecule has 0 amide bonds. The Kier molecular flexibility index (Phi) is 2.62. The van der Waals surface area contributed by atoms with Crippen molar-refractivity contribution in [1.29, 1.82) is 0 Å². The quantitative estimate of drug-likeness (QED) is 0.562. The van der Waals surface area contributed by atoms with Crippen molar-refractivity contribution in [3.8, 4) is 0 Å². The van der Waals surface area contributed by atoms with Gasteiger partial charge in [-0.3, -0.25) is 0 Å². The third-order valence-corrected chi connectivity index (χ3v) is 1.65. The number of anilines is 1. The first-order valence-corrected chi connectivity index (χ1v) is 3.57. The zero-order chi connectivity index (χ0) is 9.14. The van der Waals surface area contributed by atoms with Crippen molar-refractivity contribution in [2.45, 2.75) is 6.04 Å². The van der Waals surface area contributed by atoms with Crippen molar-refractivity contribution in [3.05, 3.63) is 29.6 Å². The molecule has 1 aromatic rings. The number of hydrogen-bond acceptors (Lipinski definition) is 3. The van der Waals surface area contributed by atoms with E-state index in [0.29, 0.717) is 0 Å². The van der Waals surface area contributed by atoms with Gasteiger partial charge in [-0.05, 0) is 12.1 Å². The molecule has 3 nitrogen and oxygen atoms in total. The molecular weight excluding hydrogens is 159 g/mol. The molecule has 0 saturated carbocycles. The van der Waals surface area contributed by atoms with Crippen LogP contribution in [0.15, 0.2) is 18.2 Å². The summed E-state index contributed by atoms with van der Waals surface area (Å²) in [4.78, 5) is 0. The Balaban J connectivity index is 3.12. The highest BCUT2D eigenvalue weighted by atomic mass is 19.1. The number of halogens is 1. The molecule has 0 aliphatic carbocycles. The fourth-order valence-electron chi connectivity index (χ4n) is 1.04. The standard InChI is InChI=1S/C8H11FN2O/c9-5-2-1-3-6(10)8(5)7(11)4-12/h1-3,7,12H,4,10-11H2/t7-/m1/s1. The largest absolute Gasteiger partial charge is 0.398 e. The van der Waals surface area contributed by atoms with Gasteiger partial charge in [-0.1, -0.05) is 6.07 Å². The summed E-state index contributed by atoms with van der Waals surface area (Å²) in [5.74, 6) is -0.475. The van der Waals surface area contributed by atoms with Crippen molar-refractivity contribution >= 4 is 5.69 Å². The van der Waals surface area contributed by atoms with Crippen LogP contribution >= 0.6 is 0 Å². The molecule has 0 radical (unpaired) electrons. The maximum atomic E-state index is 13.0. The molecule has 0 saturated heterocycles. The van der Waals surface area contributed by atoms with Crippen LogP contribution in [-0.4, -0.2) is 11.7 Å². The van der Waals surface area contributed by atoms with Crippen LogP contribution in [0.25, 0.3) is 0 Å². The van der Waals surface area contributed by atoms with Crippen LogP contribution in [0.1, 0.15) is 11.6 Å². The Bertz CT molecular complexity index is 258. The predicted octanol–water partition coefficient (Wildman–Crippen LogP) is 0.400. The summed E-state index contributed by atoms with van der Waals surface area (Å²) in [7, 11) is 0. The number of rotatable bonds is 2. The molecular formula is C8H11FN2O. The molecule has 5 N–H and O–H groups in total. The fraction of sp³-hybridized carbons (Fsp3) is 0.250. The highest BCUT2D eigenvalue weighted by Crippen LogP contribution is 2.21. The summed E-state index contributed by atoms with van der Waals surface area (Å²) in [6.45, 7) is -0.314. The molecule has 0 bridgehead atoms. The van der Waals surface area contributed by atoms with Crippen LogP contribution in [0.3, 0.4) is 0 Å². The second kappa shape index (κ2) is 3.51. The summed E-state index contributed by atoms with van der Waals surface area (Å²) in [5.41, 5.74) is 11.3. The minimum atomic E-state index is -0.744. The van der Waals surface area contributed by atoms with E-state index in [0.717, 1.165) is 0 Å². The Morgan fingerprint density at radius 1 is 1.50 bits per heavy atom. The van der Waals surface area contributed by atoms with Gasteiger partial charge in [0.25, 0.3) is 0 Å². The lowest BCUT2D eigenvalue weighted by Gasteiger charge is -2.11. The number of nitrogen functional groups attached to an aromatic ring is 1. The van der Waals surface area contributed by atoms with Gasteiger partial charge in [0, 0.05) is 11.3 Å². The first-order valence-electron chi connectivity index (χ1n) is 3.57. The Hall–Kier alpha value is -1.13. The topological polar surface area (TPSA) is 72.3 Å². The van der Waals surface area contributed by atoms with E-state index in [-0.39, 0.29) is 17.9 Å². The number of hydrogen-bond donors (Lipinski definition) is 3.